The molecule has 0 saturated carbocycles. The summed E-state index contributed by atoms with van der Waals surface area (Å²) in [4.78, 5) is 24.4. The molecule has 1 aromatic heterocycles. The number of benzene rings is 2. The number of aromatic nitrogens is 1. The molecule has 4 heteroatoms. The molecule has 1 N–H and O–H groups in total. The van der Waals surface area contributed by atoms with E-state index >= 15 is 0 Å². The van der Waals surface area contributed by atoms with Crippen LogP contribution in [0.25, 0.3) is 10.9 Å². The highest BCUT2D eigenvalue weighted by Crippen LogP contribution is 2.22. The van der Waals surface area contributed by atoms with E-state index in [1.807, 2.05) is 60.7 Å². The van der Waals surface area contributed by atoms with Crippen molar-refractivity contribution in [3.05, 3.63) is 82.1 Å². The molecule has 4 nitrogen and oxygen atoms in total. The lowest BCUT2D eigenvalue weighted by atomic mass is 9.98. The SMILES string of the molecule is CC(=O)NC(c1ccccc1)c1cc2ccccc2n(C)c1=O. The van der Waals surface area contributed by atoms with E-state index in [9.17, 15) is 9.59 Å². The van der Waals surface area contributed by atoms with E-state index in [2.05, 4.69) is 5.32 Å². The maximum Gasteiger partial charge on any atom is 0.256 e. The number of aryl methyl sites for hydroxylation is 1. The number of amides is 1. The summed E-state index contributed by atoms with van der Waals surface area (Å²) in [6.07, 6.45) is 0. The third-order valence-corrected chi connectivity index (χ3v) is 3.95. The molecule has 0 fully saturated rings. The Labute approximate surface area is 134 Å². The molecule has 0 aliphatic rings. The Bertz CT molecular complexity index is 914. The van der Waals surface area contributed by atoms with Gasteiger partial charge in [0.1, 0.15) is 0 Å². The highest BCUT2D eigenvalue weighted by atomic mass is 16.1. The van der Waals surface area contributed by atoms with Crippen LogP contribution >= 0.6 is 0 Å². The van der Waals surface area contributed by atoms with Crippen LogP contribution in [0.3, 0.4) is 0 Å². The van der Waals surface area contributed by atoms with Crippen molar-refractivity contribution in [2.24, 2.45) is 7.05 Å². The Morgan fingerprint density at radius 3 is 2.39 bits per heavy atom. The van der Waals surface area contributed by atoms with Crippen LogP contribution in [0.15, 0.2) is 65.5 Å². The molecular weight excluding hydrogens is 288 g/mol. The standard InChI is InChI=1S/C19H18N2O2/c1-13(22)20-18(14-8-4-3-5-9-14)16-12-15-10-6-7-11-17(15)21(2)19(16)23/h3-12,18H,1-2H3,(H,20,22). The predicted octanol–water partition coefficient (Wildman–Crippen LogP) is 2.76. The first kappa shape index (κ1) is 15.0. The van der Waals surface area contributed by atoms with Crippen molar-refractivity contribution < 1.29 is 4.79 Å². The number of para-hydroxylation sites is 1. The highest BCUT2D eigenvalue weighted by Gasteiger charge is 2.20. The number of pyridine rings is 1. The summed E-state index contributed by atoms with van der Waals surface area (Å²) in [5.74, 6) is -0.172. The van der Waals surface area contributed by atoms with Crippen molar-refractivity contribution in [3.8, 4) is 0 Å². The summed E-state index contributed by atoms with van der Waals surface area (Å²) in [6, 6.07) is 18.7. The van der Waals surface area contributed by atoms with Crippen LogP contribution in [0, 0.1) is 0 Å². The van der Waals surface area contributed by atoms with Crippen molar-refractivity contribution in [1.29, 1.82) is 0 Å². The normalized spacial score (nSPS) is 12.1. The lowest BCUT2D eigenvalue weighted by molar-refractivity contribution is -0.119. The molecule has 2 aromatic carbocycles. The van der Waals surface area contributed by atoms with E-state index < -0.39 is 6.04 Å². The molecule has 1 unspecified atom stereocenters. The number of nitrogens with one attached hydrogen (secondary N) is 1. The molecule has 1 amide bonds. The molecule has 1 atom stereocenters. The Balaban J connectivity index is 2.24. The van der Waals surface area contributed by atoms with Gasteiger partial charge in [-0.25, -0.2) is 0 Å². The van der Waals surface area contributed by atoms with E-state index in [0.29, 0.717) is 5.56 Å². The minimum Gasteiger partial charge on any atom is -0.345 e. The second-order valence-electron chi connectivity index (χ2n) is 5.57. The number of nitrogens with zero attached hydrogens (tertiary/aromatic N) is 1. The van der Waals surface area contributed by atoms with Crippen LogP contribution in [-0.4, -0.2) is 10.5 Å². The van der Waals surface area contributed by atoms with Gasteiger partial charge in [0.15, 0.2) is 0 Å². The first-order chi connectivity index (χ1) is 11.1. The maximum atomic E-state index is 12.8. The molecule has 3 aromatic rings. The van der Waals surface area contributed by atoms with Crippen molar-refractivity contribution in [1.82, 2.24) is 9.88 Å². The molecule has 0 spiro atoms. The number of hydrogen-bond acceptors (Lipinski definition) is 2. The fourth-order valence-electron chi connectivity index (χ4n) is 2.84. The number of carbonyl (C=O) groups is 1. The zero-order chi connectivity index (χ0) is 16.4. The second-order valence-corrected chi connectivity index (χ2v) is 5.57. The van der Waals surface area contributed by atoms with Crippen molar-refractivity contribution in [3.63, 3.8) is 0 Å². The summed E-state index contributed by atoms with van der Waals surface area (Å²) >= 11 is 0. The van der Waals surface area contributed by atoms with Gasteiger partial charge >= 0.3 is 0 Å². The van der Waals surface area contributed by atoms with Crippen molar-refractivity contribution in [2.75, 3.05) is 0 Å². The van der Waals surface area contributed by atoms with Gasteiger partial charge in [-0.3, -0.25) is 9.59 Å². The molecule has 23 heavy (non-hydrogen) atoms. The number of hydrogen-bond donors (Lipinski definition) is 1. The van der Waals surface area contributed by atoms with E-state index in [0.717, 1.165) is 16.5 Å². The topological polar surface area (TPSA) is 51.1 Å². The van der Waals surface area contributed by atoms with Crippen LogP contribution < -0.4 is 10.9 Å². The van der Waals surface area contributed by atoms with Crippen LogP contribution in [-0.2, 0) is 11.8 Å². The molecule has 0 aliphatic carbocycles. The Morgan fingerprint density at radius 2 is 1.70 bits per heavy atom. The van der Waals surface area contributed by atoms with Gasteiger partial charge in [0.2, 0.25) is 5.91 Å². The van der Waals surface area contributed by atoms with Gasteiger partial charge in [-0.15, -0.1) is 0 Å². The highest BCUT2D eigenvalue weighted by molar-refractivity contribution is 5.80. The average molecular weight is 306 g/mol. The van der Waals surface area contributed by atoms with Gasteiger partial charge in [-0.1, -0.05) is 48.5 Å². The minimum atomic E-state index is -0.461. The zero-order valence-corrected chi connectivity index (χ0v) is 13.1. The molecule has 0 radical (unpaired) electrons. The largest absolute Gasteiger partial charge is 0.345 e. The van der Waals surface area contributed by atoms with Gasteiger partial charge in [0, 0.05) is 19.5 Å². The Kier molecular flexibility index (Phi) is 3.98. The lowest BCUT2D eigenvalue weighted by Crippen LogP contribution is -2.33. The van der Waals surface area contributed by atoms with Crippen molar-refractivity contribution in [2.45, 2.75) is 13.0 Å². The van der Waals surface area contributed by atoms with Crippen molar-refractivity contribution >= 4 is 16.8 Å². The van der Waals surface area contributed by atoms with E-state index in [1.165, 1.54) is 6.92 Å². The average Bonchev–Trinajstić information content (AvgIpc) is 2.57. The van der Waals surface area contributed by atoms with Crippen LogP contribution in [0.1, 0.15) is 24.1 Å². The summed E-state index contributed by atoms with van der Waals surface area (Å²) in [5.41, 5.74) is 2.21. The summed E-state index contributed by atoms with van der Waals surface area (Å²) in [6.45, 7) is 1.46. The first-order valence-electron chi connectivity index (χ1n) is 7.48. The molecule has 0 bridgehead atoms. The molecule has 1 heterocycles. The van der Waals surface area contributed by atoms with Gasteiger partial charge < -0.3 is 9.88 Å². The lowest BCUT2D eigenvalue weighted by Gasteiger charge is -2.20. The summed E-state index contributed by atoms with van der Waals surface area (Å²) < 4.78 is 1.63. The van der Waals surface area contributed by atoms with E-state index in [-0.39, 0.29) is 11.5 Å². The third-order valence-electron chi connectivity index (χ3n) is 3.95. The van der Waals surface area contributed by atoms with Gasteiger partial charge in [-0.05, 0) is 23.1 Å². The van der Waals surface area contributed by atoms with Crippen LogP contribution in [0.2, 0.25) is 0 Å². The smallest absolute Gasteiger partial charge is 0.256 e. The summed E-state index contributed by atoms with van der Waals surface area (Å²) in [5, 5.41) is 3.86. The van der Waals surface area contributed by atoms with Gasteiger partial charge in [0.05, 0.1) is 11.6 Å². The van der Waals surface area contributed by atoms with Crippen LogP contribution in [0.4, 0.5) is 0 Å². The second kappa shape index (κ2) is 6.08. The molecule has 3 rings (SSSR count). The number of fused-ring (bicyclic) bond motifs is 1. The molecule has 0 saturated heterocycles. The fraction of sp³-hybridized carbons (Fsp3) is 0.158. The van der Waals surface area contributed by atoms with E-state index in [1.54, 1.807) is 11.6 Å². The van der Waals surface area contributed by atoms with E-state index in [4.69, 9.17) is 0 Å². The van der Waals surface area contributed by atoms with Gasteiger partial charge in [0.25, 0.3) is 5.56 Å². The zero-order valence-electron chi connectivity index (χ0n) is 13.1. The minimum absolute atomic E-state index is 0.105. The monoisotopic (exact) mass is 306 g/mol. The fourth-order valence-corrected chi connectivity index (χ4v) is 2.84. The quantitative estimate of drug-likeness (QED) is 0.809. The molecule has 0 aliphatic heterocycles. The Hall–Kier alpha value is -2.88. The first-order valence-corrected chi connectivity index (χ1v) is 7.48. The Morgan fingerprint density at radius 1 is 1.04 bits per heavy atom. The number of rotatable bonds is 3. The molecular formula is C19H18N2O2. The summed E-state index contributed by atoms with van der Waals surface area (Å²) in [7, 11) is 1.75. The van der Waals surface area contributed by atoms with Gasteiger partial charge in [-0.2, -0.15) is 0 Å². The maximum absolute atomic E-state index is 12.8. The predicted molar refractivity (Wildman–Crippen MR) is 91.3 cm³/mol. The number of carbonyl (C=O) groups excluding carboxylic acids is 1. The molecule has 116 valence electrons. The third kappa shape index (κ3) is 2.88. The van der Waals surface area contributed by atoms with Crippen LogP contribution in [0.5, 0.6) is 0 Å².